The molecule has 0 spiro atoms. The first-order valence-electron chi connectivity index (χ1n) is 5.71. The van der Waals surface area contributed by atoms with Crippen molar-refractivity contribution < 1.29 is 0 Å². The molecule has 0 aromatic carbocycles. The molecule has 2 heterocycles. The molecule has 0 aliphatic carbocycles. The molecule has 0 saturated carbocycles. The van der Waals surface area contributed by atoms with Gasteiger partial charge in [0.1, 0.15) is 0 Å². The van der Waals surface area contributed by atoms with Gasteiger partial charge in [0.15, 0.2) is 0 Å². The Morgan fingerprint density at radius 1 is 1.53 bits per heavy atom. The average molecular weight is 231 g/mol. The number of hydrogen-bond donors (Lipinski definition) is 2. The van der Waals surface area contributed by atoms with Gasteiger partial charge < -0.3 is 0 Å². The molecule has 1 unspecified atom stereocenters. The average Bonchev–Trinajstić information content (AvgIpc) is 2.79. The lowest BCUT2D eigenvalue weighted by Gasteiger charge is -2.13. The molecule has 0 aliphatic heterocycles. The van der Waals surface area contributed by atoms with Crippen LogP contribution in [0.15, 0.2) is 37.4 Å². The lowest BCUT2D eigenvalue weighted by molar-refractivity contribution is 0.503. The summed E-state index contributed by atoms with van der Waals surface area (Å²) in [5.41, 5.74) is 4.92. The third-order valence-corrected chi connectivity index (χ3v) is 2.83. The minimum atomic E-state index is 0.108. The second-order valence-corrected chi connectivity index (χ2v) is 3.94. The van der Waals surface area contributed by atoms with E-state index in [0.717, 1.165) is 30.3 Å². The lowest BCUT2D eigenvalue weighted by atomic mass is 10.0. The molecule has 17 heavy (non-hydrogen) atoms. The predicted molar refractivity (Wildman–Crippen MR) is 67.1 cm³/mol. The fourth-order valence-electron chi connectivity index (χ4n) is 1.92. The van der Waals surface area contributed by atoms with E-state index in [0.29, 0.717) is 0 Å². The summed E-state index contributed by atoms with van der Waals surface area (Å²) in [7, 11) is 0. The van der Waals surface area contributed by atoms with Gasteiger partial charge in [0.25, 0.3) is 0 Å². The SMILES string of the molecule is C=CCCCC(NN)c1cnn2ccncc12. The molecule has 3 N–H and O–H groups in total. The number of unbranched alkanes of at least 4 members (excludes halogenated alkanes) is 1. The van der Waals surface area contributed by atoms with E-state index in [9.17, 15) is 0 Å². The van der Waals surface area contributed by atoms with Gasteiger partial charge in [-0.2, -0.15) is 5.10 Å². The quantitative estimate of drug-likeness (QED) is 0.343. The number of aromatic nitrogens is 3. The molecule has 2 aromatic heterocycles. The fourth-order valence-corrected chi connectivity index (χ4v) is 1.92. The Hall–Kier alpha value is -1.72. The van der Waals surface area contributed by atoms with E-state index >= 15 is 0 Å². The summed E-state index contributed by atoms with van der Waals surface area (Å²) in [4.78, 5) is 4.11. The van der Waals surface area contributed by atoms with Crippen molar-refractivity contribution in [1.29, 1.82) is 0 Å². The molecule has 0 aliphatic rings. The number of hydrazine groups is 1. The summed E-state index contributed by atoms with van der Waals surface area (Å²) in [6, 6.07) is 0.108. The van der Waals surface area contributed by atoms with Crippen LogP contribution in [0.2, 0.25) is 0 Å². The molecule has 2 aromatic rings. The van der Waals surface area contributed by atoms with Crippen LogP contribution in [0.3, 0.4) is 0 Å². The standard InChI is InChI=1S/C12H17N5/c1-2-3-4-5-11(16-13)10-8-15-17-7-6-14-9-12(10)17/h2,6-9,11,16H,1,3-5,13H2. The van der Waals surface area contributed by atoms with Crippen molar-refractivity contribution in [2.24, 2.45) is 5.84 Å². The molecular formula is C12H17N5. The molecule has 2 rings (SSSR count). The number of fused-ring (bicyclic) bond motifs is 1. The number of hydrogen-bond acceptors (Lipinski definition) is 4. The predicted octanol–water partition coefficient (Wildman–Crippen LogP) is 1.59. The maximum absolute atomic E-state index is 5.60. The number of nitrogens with two attached hydrogens (primary N) is 1. The zero-order chi connectivity index (χ0) is 12.1. The molecule has 90 valence electrons. The highest BCUT2D eigenvalue weighted by atomic mass is 15.3. The third kappa shape index (κ3) is 2.51. The van der Waals surface area contributed by atoms with Crippen molar-refractivity contribution in [3.63, 3.8) is 0 Å². The van der Waals surface area contributed by atoms with E-state index in [1.54, 1.807) is 16.9 Å². The summed E-state index contributed by atoms with van der Waals surface area (Å²) in [5.74, 6) is 5.60. The van der Waals surface area contributed by atoms with Crippen molar-refractivity contribution >= 4 is 5.52 Å². The zero-order valence-corrected chi connectivity index (χ0v) is 9.71. The first-order valence-corrected chi connectivity index (χ1v) is 5.71. The summed E-state index contributed by atoms with van der Waals surface area (Å²) < 4.78 is 1.81. The maximum atomic E-state index is 5.60. The highest BCUT2D eigenvalue weighted by molar-refractivity contribution is 5.53. The van der Waals surface area contributed by atoms with Crippen molar-refractivity contribution in [1.82, 2.24) is 20.0 Å². The van der Waals surface area contributed by atoms with Gasteiger partial charge in [0, 0.05) is 24.0 Å². The Morgan fingerprint density at radius 2 is 2.41 bits per heavy atom. The van der Waals surface area contributed by atoms with Gasteiger partial charge in [-0.3, -0.25) is 16.3 Å². The first-order chi connectivity index (χ1) is 8.36. The smallest absolute Gasteiger partial charge is 0.0893 e. The molecule has 0 bridgehead atoms. The highest BCUT2D eigenvalue weighted by Gasteiger charge is 2.14. The van der Waals surface area contributed by atoms with Crippen molar-refractivity contribution in [2.75, 3.05) is 0 Å². The molecule has 5 nitrogen and oxygen atoms in total. The van der Waals surface area contributed by atoms with E-state index < -0.39 is 0 Å². The van der Waals surface area contributed by atoms with Crippen LogP contribution >= 0.6 is 0 Å². The number of allylic oxidation sites excluding steroid dienone is 1. The van der Waals surface area contributed by atoms with Crippen molar-refractivity contribution in [2.45, 2.75) is 25.3 Å². The third-order valence-electron chi connectivity index (χ3n) is 2.83. The molecule has 0 radical (unpaired) electrons. The number of nitrogens with one attached hydrogen (secondary N) is 1. The van der Waals surface area contributed by atoms with Crippen LogP contribution in [0.4, 0.5) is 0 Å². The van der Waals surface area contributed by atoms with E-state index in [1.807, 2.05) is 18.5 Å². The van der Waals surface area contributed by atoms with Gasteiger partial charge in [-0.05, 0) is 19.3 Å². The number of nitrogens with zero attached hydrogens (tertiary/aromatic N) is 3. The minimum absolute atomic E-state index is 0.108. The Morgan fingerprint density at radius 3 is 3.18 bits per heavy atom. The maximum Gasteiger partial charge on any atom is 0.0893 e. The Kier molecular flexibility index (Phi) is 3.85. The normalized spacial score (nSPS) is 12.8. The molecule has 0 amide bonds. The van der Waals surface area contributed by atoms with Crippen molar-refractivity contribution in [3.8, 4) is 0 Å². The second kappa shape index (κ2) is 5.56. The first kappa shape index (κ1) is 11.8. The Labute approximate surface area is 100 Å². The zero-order valence-electron chi connectivity index (χ0n) is 9.71. The molecule has 5 heteroatoms. The van der Waals surface area contributed by atoms with Crippen LogP contribution in [-0.4, -0.2) is 14.6 Å². The van der Waals surface area contributed by atoms with Crippen LogP contribution in [0.1, 0.15) is 30.9 Å². The summed E-state index contributed by atoms with van der Waals surface area (Å²) in [6.45, 7) is 3.72. The van der Waals surface area contributed by atoms with Crippen LogP contribution in [-0.2, 0) is 0 Å². The van der Waals surface area contributed by atoms with Gasteiger partial charge in [-0.15, -0.1) is 6.58 Å². The van der Waals surface area contributed by atoms with Crippen LogP contribution in [0.5, 0.6) is 0 Å². The Bertz CT molecular complexity index is 490. The van der Waals surface area contributed by atoms with E-state index in [-0.39, 0.29) is 6.04 Å². The van der Waals surface area contributed by atoms with Gasteiger partial charge in [0.05, 0.1) is 17.9 Å². The van der Waals surface area contributed by atoms with E-state index in [4.69, 9.17) is 5.84 Å². The summed E-state index contributed by atoms with van der Waals surface area (Å²) >= 11 is 0. The van der Waals surface area contributed by atoms with Crippen LogP contribution in [0.25, 0.3) is 5.52 Å². The van der Waals surface area contributed by atoms with E-state index in [1.165, 1.54) is 0 Å². The molecule has 0 fully saturated rings. The van der Waals surface area contributed by atoms with Gasteiger partial charge in [0.2, 0.25) is 0 Å². The number of rotatable bonds is 6. The molecular weight excluding hydrogens is 214 g/mol. The second-order valence-electron chi connectivity index (χ2n) is 3.94. The van der Waals surface area contributed by atoms with Crippen LogP contribution in [0, 0.1) is 0 Å². The van der Waals surface area contributed by atoms with E-state index in [2.05, 4.69) is 22.1 Å². The fraction of sp³-hybridized carbons (Fsp3) is 0.333. The largest absolute Gasteiger partial charge is 0.271 e. The summed E-state index contributed by atoms with van der Waals surface area (Å²) in [5, 5.41) is 4.28. The van der Waals surface area contributed by atoms with Crippen molar-refractivity contribution in [3.05, 3.63) is 43.0 Å². The Balaban J connectivity index is 2.20. The summed E-state index contributed by atoms with van der Waals surface area (Å²) in [6.07, 6.45) is 12.1. The molecule has 0 saturated heterocycles. The van der Waals surface area contributed by atoms with Gasteiger partial charge in [-0.1, -0.05) is 6.08 Å². The van der Waals surface area contributed by atoms with Crippen LogP contribution < -0.4 is 11.3 Å². The van der Waals surface area contributed by atoms with Gasteiger partial charge in [-0.25, -0.2) is 4.52 Å². The topological polar surface area (TPSA) is 68.2 Å². The monoisotopic (exact) mass is 231 g/mol. The lowest BCUT2D eigenvalue weighted by Crippen LogP contribution is -2.27. The molecule has 1 atom stereocenters. The van der Waals surface area contributed by atoms with Gasteiger partial charge >= 0.3 is 0 Å². The highest BCUT2D eigenvalue weighted by Crippen LogP contribution is 2.22. The minimum Gasteiger partial charge on any atom is -0.271 e.